The Balaban J connectivity index is 4.64. The smallest absolute Gasteiger partial charge is 0.314 e. The van der Waals surface area contributed by atoms with E-state index in [9.17, 15) is 4.79 Å². The Bertz CT molecular complexity index is 165. The first-order valence-electron chi connectivity index (χ1n) is 4.31. The SMILES string of the molecule is CCCC(C)(C(=O)O)C(OC)OC. The molecule has 78 valence electrons. The van der Waals surface area contributed by atoms with Crippen LogP contribution in [0.2, 0.25) is 0 Å². The van der Waals surface area contributed by atoms with Gasteiger partial charge in [0.1, 0.15) is 5.41 Å². The maximum atomic E-state index is 11.0. The maximum Gasteiger partial charge on any atom is 0.314 e. The Labute approximate surface area is 78.8 Å². The van der Waals surface area contributed by atoms with Crippen molar-refractivity contribution < 1.29 is 19.4 Å². The van der Waals surface area contributed by atoms with Gasteiger partial charge in [0.15, 0.2) is 6.29 Å². The normalized spacial score (nSPS) is 15.8. The number of hydrogen-bond acceptors (Lipinski definition) is 3. The summed E-state index contributed by atoms with van der Waals surface area (Å²) in [6.07, 6.45) is 0.630. The monoisotopic (exact) mass is 190 g/mol. The molecule has 0 amide bonds. The molecule has 0 saturated carbocycles. The summed E-state index contributed by atoms with van der Waals surface area (Å²) in [7, 11) is 2.90. The van der Waals surface area contributed by atoms with Gasteiger partial charge in [0.25, 0.3) is 0 Å². The minimum atomic E-state index is -0.960. The van der Waals surface area contributed by atoms with Crippen molar-refractivity contribution in [3.05, 3.63) is 0 Å². The molecule has 0 aromatic heterocycles. The number of methoxy groups -OCH3 is 2. The maximum absolute atomic E-state index is 11.0. The van der Waals surface area contributed by atoms with Crippen molar-refractivity contribution in [2.24, 2.45) is 5.41 Å². The molecular weight excluding hydrogens is 172 g/mol. The molecule has 0 aromatic carbocycles. The van der Waals surface area contributed by atoms with E-state index in [1.807, 2.05) is 6.92 Å². The topological polar surface area (TPSA) is 55.8 Å². The summed E-state index contributed by atoms with van der Waals surface area (Å²) in [6.45, 7) is 3.57. The van der Waals surface area contributed by atoms with Gasteiger partial charge in [-0.3, -0.25) is 4.79 Å². The summed E-state index contributed by atoms with van der Waals surface area (Å²) >= 11 is 0. The minimum absolute atomic E-state index is 0.536. The van der Waals surface area contributed by atoms with Crippen LogP contribution in [0.3, 0.4) is 0 Å². The van der Waals surface area contributed by atoms with E-state index in [1.54, 1.807) is 6.92 Å². The molecule has 4 nitrogen and oxygen atoms in total. The fourth-order valence-corrected chi connectivity index (χ4v) is 1.46. The predicted octanol–water partition coefficient (Wildman–Crippen LogP) is 1.50. The molecule has 0 aliphatic rings. The predicted molar refractivity (Wildman–Crippen MR) is 48.5 cm³/mol. The van der Waals surface area contributed by atoms with Gasteiger partial charge in [-0.15, -0.1) is 0 Å². The number of hydrogen-bond donors (Lipinski definition) is 1. The van der Waals surface area contributed by atoms with Gasteiger partial charge in [-0.1, -0.05) is 13.3 Å². The average molecular weight is 190 g/mol. The largest absolute Gasteiger partial charge is 0.481 e. The van der Waals surface area contributed by atoms with E-state index in [0.29, 0.717) is 6.42 Å². The van der Waals surface area contributed by atoms with Crippen LogP contribution in [-0.2, 0) is 14.3 Å². The zero-order chi connectivity index (χ0) is 10.5. The first-order chi connectivity index (χ1) is 6.02. The van der Waals surface area contributed by atoms with E-state index < -0.39 is 17.7 Å². The van der Waals surface area contributed by atoms with E-state index in [-0.39, 0.29) is 0 Å². The lowest BCUT2D eigenvalue weighted by atomic mass is 9.85. The van der Waals surface area contributed by atoms with E-state index in [2.05, 4.69) is 0 Å². The van der Waals surface area contributed by atoms with Gasteiger partial charge in [-0.2, -0.15) is 0 Å². The number of aliphatic carboxylic acids is 1. The molecule has 1 unspecified atom stereocenters. The summed E-state index contributed by atoms with van der Waals surface area (Å²) in [4.78, 5) is 11.0. The summed E-state index contributed by atoms with van der Waals surface area (Å²) in [6, 6.07) is 0. The van der Waals surface area contributed by atoms with Gasteiger partial charge >= 0.3 is 5.97 Å². The molecule has 0 aliphatic carbocycles. The first kappa shape index (κ1) is 12.4. The summed E-state index contributed by atoms with van der Waals surface area (Å²) < 4.78 is 9.95. The number of rotatable bonds is 6. The van der Waals surface area contributed by atoms with Gasteiger partial charge in [0.2, 0.25) is 0 Å². The van der Waals surface area contributed by atoms with Gasteiger partial charge in [0, 0.05) is 14.2 Å². The fraction of sp³-hybridized carbons (Fsp3) is 0.889. The second kappa shape index (κ2) is 5.19. The molecule has 13 heavy (non-hydrogen) atoms. The third-order valence-corrected chi connectivity index (χ3v) is 2.21. The average Bonchev–Trinajstić information content (AvgIpc) is 2.06. The van der Waals surface area contributed by atoms with Crippen LogP contribution in [0.1, 0.15) is 26.7 Å². The van der Waals surface area contributed by atoms with E-state index >= 15 is 0 Å². The van der Waals surface area contributed by atoms with Gasteiger partial charge < -0.3 is 14.6 Å². The van der Waals surface area contributed by atoms with E-state index in [1.165, 1.54) is 14.2 Å². The Morgan fingerprint density at radius 3 is 2.15 bits per heavy atom. The zero-order valence-corrected chi connectivity index (χ0v) is 8.66. The molecule has 0 spiro atoms. The van der Waals surface area contributed by atoms with Crippen LogP contribution in [0.4, 0.5) is 0 Å². The standard InChI is InChI=1S/C9H18O4/c1-5-6-9(2,7(10)11)8(12-3)13-4/h8H,5-6H2,1-4H3,(H,10,11). The number of carbonyl (C=O) groups is 1. The van der Waals surface area contributed by atoms with Gasteiger partial charge in [-0.05, 0) is 13.3 Å². The molecule has 0 fully saturated rings. The number of ether oxygens (including phenoxy) is 2. The number of carboxylic acid groups (broad SMARTS) is 1. The lowest BCUT2D eigenvalue weighted by Gasteiger charge is -2.31. The quantitative estimate of drug-likeness (QED) is 0.645. The highest BCUT2D eigenvalue weighted by Crippen LogP contribution is 2.30. The fourth-order valence-electron chi connectivity index (χ4n) is 1.46. The third-order valence-electron chi connectivity index (χ3n) is 2.21. The molecule has 0 bridgehead atoms. The van der Waals surface area contributed by atoms with Crippen molar-refractivity contribution in [2.45, 2.75) is 33.0 Å². The van der Waals surface area contributed by atoms with Gasteiger partial charge in [0.05, 0.1) is 0 Å². The van der Waals surface area contributed by atoms with E-state index in [0.717, 1.165) is 6.42 Å². The Hall–Kier alpha value is -0.610. The lowest BCUT2D eigenvalue weighted by Crippen LogP contribution is -2.42. The Morgan fingerprint density at radius 2 is 1.92 bits per heavy atom. The van der Waals surface area contributed by atoms with Crippen LogP contribution in [0, 0.1) is 5.41 Å². The Kier molecular flexibility index (Phi) is 4.95. The molecule has 0 saturated heterocycles. The van der Waals surface area contributed by atoms with E-state index in [4.69, 9.17) is 14.6 Å². The van der Waals surface area contributed by atoms with Crippen LogP contribution in [0.15, 0.2) is 0 Å². The summed E-state index contributed by atoms with van der Waals surface area (Å²) in [5.41, 5.74) is -0.960. The molecule has 0 radical (unpaired) electrons. The molecule has 0 aliphatic heterocycles. The molecule has 1 atom stereocenters. The lowest BCUT2D eigenvalue weighted by molar-refractivity contribution is -0.197. The second-order valence-corrected chi connectivity index (χ2v) is 3.28. The number of carboxylic acids is 1. The Morgan fingerprint density at radius 1 is 1.46 bits per heavy atom. The molecule has 1 N–H and O–H groups in total. The van der Waals surface area contributed by atoms with Crippen LogP contribution in [0.5, 0.6) is 0 Å². The highest BCUT2D eigenvalue weighted by Gasteiger charge is 2.41. The van der Waals surface area contributed by atoms with Crippen molar-refractivity contribution in [3.63, 3.8) is 0 Å². The molecule has 0 aromatic rings. The van der Waals surface area contributed by atoms with Crippen LogP contribution < -0.4 is 0 Å². The zero-order valence-electron chi connectivity index (χ0n) is 8.66. The molecular formula is C9H18O4. The van der Waals surface area contributed by atoms with Crippen LogP contribution >= 0.6 is 0 Å². The summed E-state index contributed by atoms with van der Waals surface area (Å²) in [5, 5.41) is 9.04. The van der Waals surface area contributed by atoms with Crippen molar-refractivity contribution in [1.82, 2.24) is 0 Å². The third kappa shape index (κ3) is 2.67. The molecule has 0 rings (SSSR count). The van der Waals surface area contributed by atoms with Crippen molar-refractivity contribution in [1.29, 1.82) is 0 Å². The van der Waals surface area contributed by atoms with Crippen molar-refractivity contribution in [3.8, 4) is 0 Å². The van der Waals surface area contributed by atoms with Crippen LogP contribution in [0.25, 0.3) is 0 Å². The van der Waals surface area contributed by atoms with Crippen LogP contribution in [-0.4, -0.2) is 31.6 Å². The van der Waals surface area contributed by atoms with Crippen molar-refractivity contribution in [2.75, 3.05) is 14.2 Å². The summed E-state index contributed by atoms with van der Waals surface area (Å²) in [5.74, 6) is -0.886. The minimum Gasteiger partial charge on any atom is -0.481 e. The van der Waals surface area contributed by atoms with Gasteiger partial charge in [-0.25, -0.2) is 0 Å². The second-order valence-electron chi connectivity index (χ2n) is 3.28. The first-order valence-corrected chi connectivity index (χ1v) is 4.31. The highest BCUT2D eigenvalue weighted by atomic mass is 16.7. The molecule has 0 heterocycles. The molecule has 4 heteroatoms. The highest BCUT2D eigenvalue weighted by molar-refractivity contribution is 5.74. The van der Waals surface area contributed by atoms with Crippen molar-refractivity contribution >= 4 is 5.97 Å².